The van der Waals surface area contributed by atoms with E-state index >= 15 is 0 Å². The molecule has 0 saturated carbocycles. The Hall–Kier alpha value is -3.60. The quantitative estimate of drug-likeness (QED) is 0.521. The van der Waals surface area contributed by atoms with Crippen molar-refractivity contribution in [1.82, 2.24) is 9.97 Å². The summed E-state index contributed by atoms with van der Waals surface area (Å²) in [6.07, 6.45) is 0.479. The van der Waals surface area contributed by atoms with Gasteiger partial charge >= 0.3 is 0 Å². The Labute approximate surface area is 161 Å². The Balaban J connectivity index is 1.67. The van der Waals surface area contributed by atoms with E-state index in [1.807, 2.05) is 30.3 Å². The Morgan fingerprint density at radius 3 is 2.21 bits per heavy atom. The van der Waals surface area contributed by atoms with Crippen LogP contribution < -0.4 is 0 Å². The number of benzene rings is 2. The summed E-state index contributed by atoms with van der Waals surface area (Å²) in [5, 5.41) is 9.96. The number of halogens is 2. The summed E-state index contributed by atoms with van der Waals surface area (Å²) >= 11 is 0. The summed E-state index contributed by atoms with van der Waals surface area (Å²) in [7, 11) is 0. The molecule has 28 heavy (non-hydrogen) atoms. The van der Waals surface area contributed by atoms with Gasteiger partial charge in [0, 0.05) is 23.7 Å². The van der Waals surface area contributed by atoms with Gasteiger partial charge in [0.1, 0.15) is 17.4 Å². The molecule has 3 nitrogen and oxygen atoms in total. The van der Waals surface area contributed by atoms with Crippen LogP contribution in [-0.4, -0.2) is 15.1 Å². The van der Waals surface area contributed by atoms with Crippen LogP contribution in [-0.2, 0) is 6.42 Å². The van der Waals surface area contributed by atoms with Gasteiger partial charge in [-0.05, 0) is 48.0 Å². The van der Waals surface area contributed by atoms with Gasteiger partial charge in [0.25, 0.3) is 0 Å². The monoisotopic (exact) mass is 374 g/mol. The minimum Gasteiger partial charge on any atom is -0.508 e. The van der Waals surface area contributed by atoms with Gasteiger partial charge in [0.05, 0.1) is 17.1 Å². The van der Waals surface area contributed by atoms with E-state index in [0.29, 0.717) is 23.5 Å². The number of nitrogens with zero attached hydrogens (tertiary/aromatic N) is 2. The van der Waals surface area contributed by atoms with Crippen molar-refractivity contribution in [2.75, 3.05) is 0 Å². The van der Waals surface area contributed by atoms with Crippen molar-refractivity contribution >= 4 is 0 Å². The fourth-order valence-corrected chi connectivity index (χ4v) is 3.00. The number of pyridine rings is 2. The largest absolute Gasteiger partial charge is 0.508 e. The number of rotatable bonds is 4. The highest BCUT2D eigenvalue weighted by Crippen LogP contribution is 2.25. The number of phenolic OH excluding ortho intramolecular Hbond substituents is 1. The third kappa shape index (κ3) is 3.74. The van der Waals surface area contributed by atoms with Crippen LogP contribution in [0.2, 0.25) is 0 Å². The van der Waals surface area contributed by atoms with Crippen molar-refractivity contribution < 1.29 is 13.9 Å². The van der Waals surface area contributed by atoms with E-state index in [4.69, 9.17) is 0 Å². The molecule has 0 fully saturated rings. The Morgan fingerprint density at radius 1 is 0.714 bits per heavy atom. The van der Waals surface area contributed by atoms with Crippen LogP contribution in [0, 0.1) is 11.6 Å². The average molecular weight is 374 g/mol. The molecule has 0 atom stereocenters. The van der Waals surface area contributed by atoms with E-state index in [1.54, 1.807) is 30.3 Å². The summed E-state index contributed by atoms with van der Waals surface area (Å²) in [5.41, 5.74) is 3.41. The molecule has 1 N–H and O–H groups in total. The normalized spacial score (nSPS) is 10.8. The van der Waals surface area contributed by atoms with E-state index < -0.39 is 11.6 Å². The predicted molar refractivity (Wildman–Crippen MR) is 104 cm³/mol. The van der Waals surface area contributed by atoms with E-state index in [-0.39, 0.29) is 11.3 Å². The maximum atomic E-state index is 14.1. The molecular formula is C23H16F2N2O. The van der Waals surface area contributed by atoms with Crippen LogP contribution >= 0.6 is 0 Å². The summed E-state index contributed by atoms with van der Waals surface area (Å²) in [6.45, 7) is 0. The molecule has 2 aromatic carbocycles. The molecule has 5 heteroatoms. The molecule has 0 saturated heterocycles. The minimum atomic E-state index is -0.661. The van der Waals surface area contributed by atoms with Crippen LogP contribution in [0.25, 0.3) is 22.6 Å². The highest BCUT2D eigenvalue weighted by atomic mass is 19.1. The van der Waals surface area contributed by atoms with Gasteiger partial charge in [-0.3, -0.25) is 4.98 Å². The van der Waals surface area contributed by atoms with Crippen molar-refractivity contribution in [2.24, 2.45) is 0 Å². The minimum absolute atomic E-state index is 0.224. The number of phenols is 1. The smallest absolute Gasteiger partial charge is 0.135 e. The Morgan fingerprint density at radius 2 is 1.43 bits per heavy atom. The molecule has 138 valence electrons. The first kappa shape index (κ1) is 17.8. The molecule has 0 aliphatic rings. The first-order valence-corrected chi connectivity index (χ1v) is 8.76. The second-order valence-electron chi connectivity index (χ2n) is 6.35. The highest BCUT2D eigenvalue weighted by molar-refractivity contribution is 5.64. The van der Waals surface area contributed by atoms with Crippen molar-refractivity contribution in [2.45, 2.75) is 6.42 Å². The SMILES string of the molecule is Oc1ccccc1Cc1cccc(-c2cccc(-c3ccc(F)cc3F)n2)n1. The van der Waals surface area contributed by atoms with Crippen LogP contribution in [0.1, 0.15) is 11.3 Å². The predicted octanol–water partition coefficient (Wildman–Crippen LogP) is 5.39. The molecule has 4 aromatic rings. The molecule has 2 aromatic heterocycles. The summed E-state index contributed by atoms with van der Waals surface area (Å²) in [4.78, 5) is 9.12. The third-order valence-electron chi connectivity index (χ3n) is 4.39. The molecular weight excluding hydrogens is 358 g/mol. The molecule has 0 radical (unpaired) electrons. The zero-order valence-electron chi connectivity index (χ0n) is 14.8. The van der Waals surface area contributed by atoms with E-state index in [0.717, 1.165) is 17.3 Å². The summed E-state index contributed by atoms with van der Waals surface area (Å²) < 4.78 is 27.3. The van der Waals surface area contributed by atoms with Gasteiger partial charge in [0.2, 0.25) is 0 Å². The van der Waals surface area contributed by atoms with Gasteiger partial charge in [0.15, 0.2) is 0 Å². The first-order valence-electron chi connectivity index (χ1n) is 8.76. The first-order chi connectivity index (χ1) is 13.6. The molecule has 0 spiro atoms. The zero-order valence-corrected chi connectivity index (χ0v) is 14.8. The van der Waals surface area contributed by atoms with Gasteiger partial charge in [-0.1, -0.05) is 30.3 Å². The van der Waals surface area contributed by atoms with Crippen LogP contribution in [0.15, 0.2) is 78.9 Å². The Bertz CT molecular complexity index is 1140. The van der Waals surface area contributed by atoms with E-state index in [9.17, 15) is 13.9 Å². The van der Waals surface area contributed by atoms with Crippen LogP contribution in [0.4, 0.5) is 8.78 Å². The second-order valence-corrected chi connectivity index (χ2v) is 6.35. The summed E-state index contributed by atoms with van der Waals surface area (Å²) in [5.74, 6) is -1.07. The lowest BCUT2D eigenvalue weighted by atomic mass is 10.1. The van der Waals surface area contributed by atoms with Crippen LogP contribution in [0.5, 0.6) is 5.75 Å². The topological polar surface area (TPSA) is 46.0 Å². The standard InChI is InChI=1S/C23H16F2N2O/c24-16-11-12-18(19(25)14-16)20-7-4-9-22(27-20)21-8-3-6-17(26-21)13-15-5-1-2-10-23(15)28/h1-12,14,28H,13H2. The number of aromatic nitrogens is 2. The van der Waals surface area contributed by atoms with Crippen molar-refractivity contribution in [3.63, 3.8) is 0 Å². The zero-order chi connectivity index (χ0) is 19.5. The van der Waals surface area contributed by atoms with E-state index in [1.165, 1.54) is 12.1 Å². The maximum absolute atomic E-state index is 14.1. The lowest BCUT2D eigenvalue weighted by Crippen LogP contribution is -1.97. The van der Waals surface area contributed by atoms with Gasteiger partial charge < -0.3 is 5.11 Å². The lowest BCUT2D eigenvalue weighted by Gasteiger charge is -2.08. The van der Waals surface area contributed by atoms with Crippen LogP contribution in [0.3, 0.4) is 0 Å². The number of hydrogen-bond donors (Lipinski definition) is 1. The lowest BCUT2D eigenvalue weighted by molar-refractivity contribution is 0.469. The van der Waals surface area contributed by atoms with Crippen molar-refractivity contribution in [1.29, 1.82) is 0 Å². The van der Waals surface area contributed by atoms with Gasteiger partial charge in [-0.2, -0.15) is 0 Å². The average Bonchev–Trinajstić information content (AvgIpc) is 2.70. The van der Waals surface area contributed by atoms with E-state index in [2.05, 4.69) is 9.97 Å². The fraction of sp³-hybridized carbons (Fsp3) is 0.0435. The molecule has 0 unspecified atom stereocenters. The second kappa shape index (κ2) is 7.56. The highest BCUT2D eigenvalue weighted by Gasteiger charge is 2.10. The number of para-hydroxylation sites is 1. The maximum Gasteiger partial charge on any atom is 0.135 e. The van der Waals surface area contributed by atoms with Crippen molar-refractivity contribution in [3.05, 3.63) is 102 Å². The fourth-order valence-electron chi connectivity index (χ4n) is 3.00. The van der Waals surface area contributed by atoms with Gasteiger partial charge in [-0.25, -0.2) is 13.8 Å². The molecule has 0 aliphatic carbocycles. The molecule has 2 heterocycles. The molecule has 4 rings (SSSR count). The molecule has 0 bridgehead atoms. The van der Waals surface area contributed by atoms with Crippen molar-refractivity contribution in [3.8, 4) is 28.4 Å². The number of hydrogen-bond acceptors (Lipinski definition) is 3. The van der Waals surface area contributed by atoms with Gasteiger partial charge in [-0.15, -0.1) is 0 Å². The third-order valence-corrected chi connectivity index (χ3v) is 4.39. The number of aromatic hydroxyl groups is 1. The molecule has 0 aliphatic heterocycles. The molecule has 0 amide bonds. The Kier molecular flexibility index (Phi) is 4.81. The summed E-state index contributed by atoms with van der Waals surface area (Å²) in [6, 6.07) is 21.3.